The lowest BCUT2D eigenvalue weighted by Crippen LogP contribution is -2.29. The predicted molar refractivity (Wildman–Crippen MR) is 86.4 cm³/mol. The van der Waals surface area contributed by atoms with Gasteiger partial charge in [-0.15, -0.1) is 0 Å². The lowest BCUT2D eigenvalue weighted by Gasteiger charge is -2.13. The normalized spacial score (nSPS) is 14.6. The summed E-state index contributed by atoms with van der Waals surface area (Å²) in [4.78, 5) is 3.96. The van der Waals surface area contributed by atoms with Crippen LogP contribution in [0.1, 0.15) is 26.7 Å². The van der Waals surface area contributed by atoms with Crippen LogP contribution in [0.4, 0.5) is 5.69 Å². The summed E-state index contributed by atoms with van der Waals surface area (Å²) in [6.07, 6.45) is 4.48. The number of hydrogen-bond acceptors (Lipinski definition) is 5. The number of rotatable bonds is 9. The van der Waals surface area contributed by atoms with Crippen molar-refractivity contribution in [3.8, 4) is 0 Å². The van der Waals surface area contributed by atoms with Gasteiger partial charge >= 0.3 is 0 Å². The molecule has 21 heavy (non-hydrogen) atoms. The van der Waals surface area contributed by atoms with Crippen LogP contribution >= 0.6 is 0 Å². The molecule has 2 atom stereocenters. The average Bonchev–Trinajstić information content (AvgIpc) is 2.45. The fourth-order valence-corrected chi connectivity index (χ4v) is 3.23. The molecule has 0 aromatic carbocycles. The molecule has 1 aromatic heterocycles. The van der Waals surface area contributed by atoms with Crippen LogP contribution in [-0.4, -0.2) is 42.2 Å². The summed E-state index contributed by atoms with van der Waals surface area (Å²) in [6.45, 7) is 4.76. The van der Waals surface area contributed by atoms with Crippen LogP contribution in [0.15, 0.2) is 23.4 Å². The van der Waals surface area contributed by atoms with Crippen molar-refractivity contribution >= 4 is 26.5 Å². The van der Waals surface area contributed by atoms with Gasteiger partial charge in [0.2, 0.25) is 0 Å². The third-order valence-electron chi connectivity index (χ3n) is 3.00. The summed E-state index contributed by atoms with van der Waals surface area (Å²) in [5.74, 6) is 0. The number of anilines is 1. The molecule has 1 aromatic rings. The Balaban J connectivity index is 2.76. The van der Waals surface area contributed by atoms with Crippen LogP contribution in [0.25, 0.3) is 0 Å². The van der Waals surface area contributed by atoms with Crippen LogP contribution in [0.2, 0.25) is 0 Å². The summed E-state index contributed by atoms with van der Waals surface area (Å²) >= 11 is 0. The number of hydrogen-bond donors (Lipinski definition) is 2. The second-order valence-corrected chi connectivity index (χ2v) is 8.26. The van der Waals surface area contributed by atoms with E-state index in [0.29, 0.717) is 18.7 Å². The first kappa shape index (κ1) is 18.1. The van der Waals surface area contributed by atoms with Crippen molar-refractivity contribution in [3.63, 3.8) is 0 Å². The molecule has 0 spiro atoms. The van der Waals surface area contributed by atoms with Crippen molar-refractivity contribution in [3.05, 3.63) is 18.3 Å². The third kappa shape index (κ3) is 5.72. The van der Waals surface area contributed by atoms with Crippen molar-refractivity contribution in [2.45, 2.75) is 37.0 Å². The molecule has 1 heterocycles. The molecule has 0 radical (unpaired) electrons. The quantitative estimate of drug-likeness (QED) is 0.712. The molecule has 0 saturated heterocycles. The first-order valence-corrected chi connectivity index (χ1v) is 9.99. The monoisotopic (exact) mass is 333 g/mol. The molecule has 0 fully saturated rings. The molecule has 2 N–H and O–H groups in total. The smallest absolute Gasteiger partial charge is 0.260 e. The zero-order valence-electron chi connectivity index (χ0n) is 12.6. The highest BCUT2D eigenvalue weighted by molar-refractivity contribution is 7.89. The highest BCUT2D eigenvalue weighted by Gasteiger charge is 2.20. The van der Waals surface area contributed by atoms with Gasteiger partial charge < -0.3 is 5.32 Å². The van der Waals surface area contributed by atoms with Gasteiger partial charge in [-0.05, 0) is 25.0 Å². The van der Waals surface area contributed by atoms with Crippen LogP contribution in [0.3, 0.4) is 0 Å². The van der Waals surface area contributed by atoms with E-state index >= 15 is 0 Å². The van der Waals surface area contributed by atoms with Gasteiger partial charge in [0.25, 0.3) is 10.0 Å². The predicted octanol–water partition coefficient (Wildman–Crippen LogP) is 1.34. The fourth-order valence-electron chi connectivity index (χ4n) is 1.63. The summed E-state index contributed by atoms with van der Waals surface area (Å²) in [5.41, 5.74) is 0.499. The molecule has 0 aliphatic heterocycles. The van der Waals surface area contributed by atoms with Crippen molar-refractivity contribution in [2.24, 2.45) is 0 Å². The molecule has 6 nitrogen and oxygen atoms in total. The molecule has 0 aliphatic carbocycles. The van der Waals surface area contributed by atoms with Gasteiger partial charge in [-0.3, -0.25) is 4.21 Å². The molecular weight excluding hydrogens is 310 g/mol. The van der Waals surface area contributed by atoms with E-state index in [1.807, 2.05) is 13.8 Å². The number of pyridine rings is 1. The van der Waals surface area contributed by atoms with E-state index in [2.05, 4.69) is 15.0 Å². The zero-order chi connectivity index (χ0) is 15.9. The van der Waals surface area contributed by atoms with Gasteiger partial charge in [0.15, 0.2) is 5.03 Å². The van der Waals surface area contributed by atoms with Crippen molar-refractivity contribution in [1.82, 2.24) is 9.71 Å². The first-order chi connectivity index (χ1) is 9.88. The van der Waals surface area contributed by atoms with Crippen LogP contribution in [0.5, 0.6) is 0 Å². The molecule has 8 heteroatoms. The standard InChI is InChI=1S/C13H23N3O3S2/c1-4-8-14-12-6-5-9-15-13(12)21(18,19)16-10-7-11(2)20(3)17/h5-6,9,11,14,16H,4,7-8,10H2,1-3H3. The van der Waals surface area contributed by atoms with E-state index < -0.39 is 20.8 Å². The Bertz CT molecular complexity index is 576. The molecule has 0 saturated carbocycles. The number of nitrogens with zero attached hydrogens (tertiary/aromatic N) is 1. The maximum Gasteiger partial charge on any atom is 0.260 e. The van der Waals surface area contributed by atoms with E-state index in [1.165, 1.54) is 6.20 Å². The minimum atomic E-state index is -3.67. The minimum absolute atomic E-state index is 0.00345. The number of nitrogens with one attached hydrogen (secondary N) is 2. The lowest BCUT2D eigenvalue weighted by atomic mass is 10.3. The summed E-state index contributed by atoms with van der Waals surface area (Å²) in [5, 5.41) is 3.01. The molecule has 0 bridgehead atoms. The Morgan fingerprint density at radius 2 is 2.10 bits per heavy atom. The molecule has 1 rings (SSSR count). The fraction of sp³-hybridized carbons (Fsp3) is 0.615. The van der Waals surface area contributed by atoms with Crippen LogP contribution in [0, 0.1) is 0 Å². The van der Waals surface area contributed by atoms with Gasteiger partial charge in [0.1, 0.15) is 0 Å². The van der Waals surface area contributed by atoms with Gasteiger partial charge in [-0.1, -0.05) is 13.8 Å². The molecular formula is C13H23N3O3S2. The summed E-state index contributed by atoms with van der Waals surface area (Å²) in [6, 6.07) is 3.39. The maximum absolute atomic E-state index is 12.3. The first-order valence-electron chi connectivity index (χ1n) is 6.89. The average molecular weight is 333 g/mol. The molecule has 120 valence electrons. The van der Waals surface area contributed by atoms with E-state index in [4.69, 9.17) is 0 Å². The Morgan fingerprint density at radius 3 is 2.71 bits per heavy atom. The van der Waals surface area contributed by atoms with Gasteiger partial charge in [0, 0.05) is 41.6 Å². The van der Waals surface area contributed by atoms with E-state index in [0.717, 1.165) is 6.42 Å². The maximum atomic E-state index is 12.3. The number of sulfonamides is 1. The molecule has 2 unspecified atom stereocenters. The van der Waals surface area contributed by atoms with E-state index in [9.17, 15) is 12.6 Å². The SMILES string of the molecule is CCCNc1cccnc1S(=O)(=O)NCCC(C)S(C)=O. The lowest BCUT2D eigenvalue weighted by molar-refractivity contribution is 0.574. The highest BCUT2D eigenvalue weighted by atomic mass is 32.2. The van der Waals surface area contributed by atoms with E-state index in [-0.39, 0.29) is 16.8 Å². The highest BCUT2D eigenvalue weighted by Crippen LogP contribution is 2.17. The summed E-state index contributed by atoms with van der Waals surface area (Å²) < 4.78 is 38.3. The largest absolute Gasteiger partial charge is 0.383 e. The van der Waals surface area contributed by atoms with Crippen LogP contribution < -0.4 is 10.0 Å². The van der Waals surface area contributed by atoms with Crippen molar-refractivity contribution in [2.75, 3.05) is 24.7 Å². The minimum Gasteiger partial charge on any atom is -0.383 e. The number of aromatic nitrogens is 1. The summed E-state index contributed by atoms with van der Waals surface area (Å²) in [7, 11) is -4.62. The second-order valence-electron chi connectivity index (χ2n) is 4.78. The Kier molecular flexibility index (Phi) is 7.27. The van der Waals surface area contributed by atoms with Gasteiger partial charge in [0.05, 0.1) is 5.69 Å². The van der Waals surface area contributed by atoms with Crippen molar-refractivity contribution in [1.29, 1.82) is 0 Å². The Hall–Kier alpha value is -0.990. The van der Waals surface area contributed by atoms with Gasteiger partial charge in [-0.2, -0.15) is 0 Å². The van der Waals surface area contributed by atoms with Crippen molar-refractivity contribution < 1.29 is 12.6 Å². The molecule has 0 aliphatic rings. The zero-order valence-corrected chi connectivity index (χ0v) is 14.3. The second kappa shape index (κ2) is 8.45. The molecule has 0 amide bonds. The van der Waals surface area contributed by atoms with Crippen LogP contribution in [-0.2, 0) is 20.8 Å². The Labute approximate surface area is 129 Å². The third-order valence-corrected chi connectivity index (χ3v) is 5.79. The topological polar surface area (TPSA) is 88.2 Å². The van der Waals surface area contributed by atoms with Gasteiger partial charge in [-0.25, -0.2) is 18.1 Å². The Morgan fingerprint density at radius 1 is 1.38 bits per heavy atom. The van der Waals surface area contributed by atoms with E-state index in [1.54, 1.807) is 18.4 Å².